The Balaban J connectivity index is 1.81. The van der Waals surface area contributed by atoms with Crippen LogP contribution >= 0.6 is 0 Å². The molecule has 23 heavy (non-hydrogen) atoms. The van der Waals surface area contributed by atoms with E-state index in [1.165, 1.54) is 0 Å². The van der Waals surface area contributed by atoms with Crippen molar-refractivity contribution < 1.29 is 41.8 Å². The van der Waals surface area contributed by atoms with Crippen LogP contribution in [0.1, 0.15) is 32.1 Å². The van der Waals surface area contributed by atoms with E-state index in [1.54, 1.807) is 0 Å². The van der Waals surface area contributed by atoms with Gasteiger partial charge in [0.15, 0.2) is 0 Å². The minimum Gasteiger partial charge on any atom is -0.477 e. The Kier molecular flexibility index (Phi) is 3.29. The number of Topliss-reactive ketones (excluding diaryl/α,β-unsaturated/α-hetero) is 1. The summed E-state index contributed by atoms with van der Waals surface area (Å²) < 4.78 is 58.0. The highest BCUT2D eigenvalue weighted by atomic mass is 19.3. The Morgan fingerprint density at radius 2 is 1.57 bits per heavy atom. The molecule has 4 saturated carbocycles. The zero-order chi connectivity index (χ0) is 17.2. The van der Waals surface area contributed by atoms with E-state index in [-0.39, 0.29) is 31.0 Å². The first-order chi connectivity index (χ1) is 10.5. The van der Waals surface area contributed by atoms with E-state index in [0.29, 0.717) is 12.8 Å². The number of hydrogen-bond acceptors (Lipinski definition) is 4. The first-order valence-corrected chi connectivity index (χ1v) is 7.25. The van der Waals surface area contributed by atoms with E-state index in [1.807, 2.05) is 0 Å². The number of carboxylic acid groups (broad SMARTS) is 1. The number of carbonyl (C=O) groups excluding carboxylic acids is 2. The van der Waals surface area contributed by atoms with Crippen LogP contribution in [0.3, 0.4) is 0 Å². The Morgan fingerprint density at radius 1 is 1.04 bits per heavy atom. The number of aliphatic carboxylic acids is 1. The van der Waals surface area contributed by atoms with E-state index in [2.05, 4.69) is 0 Å². The van der Waals surface area contributed by atoms with E-state index in [9.17, 15) is 31.9 Å². The highest BCUT2D eigenvalue weighted by Crippen LogP contribution is 2.56. The molecule has 0 saturated heterocycles. The largest absolute Gasteiger partial charge is 0.477 e. The molecule has 4 fully saturated rings. The molecular weight excluding hydrogens is 324 g/mol. The molecule has 2 atom stereocenters. The van der Waals surface area contributed by atoms with Gasteiger partial charge in [-0.25, -0.2) is 9.59 Å². The second-order valence-electron chi connectivity index (χ2n) is 6.77. The van der Waals surface area contributed by atoms with Gasteiger partial charge in [-0.2, -0.15) is 17.6 Å². The third kappa shape index (κ3) is 2.23. The summed E-state index contributed by atoms with van der Waals surface area (Å²) in [7, 11) is 0. The Bertz CT molecular complexity index is 570. The fourth-order valence-electron chi connectivity index (χ4n) is 4.32. The average molecular weight is 338 g/mol. The first kappa shape index (κ1) is 16.2. The second-order valence-corrected chi connectivity index (χ2v) is 6.77. The van der Waals surface area contributed by atoms with Crippen LogP contribution in [0.25, 0.3) is 0 Å². The van der Waals surface area contributed by atoms with Crippen LogP contribution in [0, 0.1) is 17.8 Å². The van der Waals surface area contributed by atoms with E-state index in [4.69, 9.17) is 9.84 Å². The molecule has 1 N–H and O–H groups in total. The van der Waals surface area contributed by atoms with Crippen LogP contribution in [-0.2, 0) is 19.1 Å². The molecule has 5 nitrogen and oxygen atoms in total. The molecule has 0 amide bonds. The lowest BCUT2D eigenvalue weighted by atomic mass is 9.53. The van der Waals surface area contributed by atoms with E-state index in [0.717, 1.165) is 0 Å². The normalized spacial score (nSPS) is 36.2. The maximum absolute atomic E-state index is 13.5. The van der Waals surface area contributed by atoms with Gasteiger partial charge in [-0.05, 0) is 38.0 Å². The highest BCUT2D eigenvalue weighted by Gasteiger charge is 2.70. The van der Waals surface area contributed by atoms with Crippen LogP contribution in [0.2, 0.25) is 0 Å². The van der Waals surface area contributed by atoms with E-state index < -0.39 is 41.2 Å². The molecule has 0 aliphatic heterocycles. The smallest absolute Gasteiger partial charge is 0.415 e. The van der Waals surface area contributed by atoms with Gasteiger partial charge in [0.05, 0.1) is 0 Å². The number of rotatable bonds is 4. The number of carboxylic acids is 1. The topological polar surface area (TPSA) is 80.7 Å². The number of esters is 1. The van der Waals surface area contributed by atoms with Gasteiger partial charge in [-0.15, -0.1) is 0 Å². The molecule has 0 heterocycles. The predicted molar refractivity (Wildman–Crippen MR) is 64.9 cm³/mol. The summed E-state index contributed by atoms with van der Waals surface area (Å²) in [5, 5.41) is 8.21. The van der Waals surface area contributed by atoms with Gasteiger partial charge >= 0.3 is 23.8 Å². The van der Waals surface area contributed by atoms with Gasteiger partial charge in [-0.3, -0.25) is 4.79 Å². The van der Waals surface area contributed by atoms with Gasteiger partial charge in [0, 0.05) is 11.8 Å². The van der Waals surface area contributed by atoms with Crippen LogP contribution in [-0.4, -0.2) is 40.3 Å². The Hall–Kier alpha value is -1.67. The SMILES string of the molecule is O=C1C2CC3CC1CC(OC(=O)C(F)(F)C(F)(F)C(=O)O)(C3)C2. The first-order valence-electron chi connectivity index (χ1n) is 7.25. The van der Waals surface area contributed by atoms with Gasteiger partial charge < -0.3 is 9.84 Å². The van der Waals surface area contributed by atoms with Crippen molar-refractivity contribution in [1.82, 2.24) is 0 Å². The number of alkyl halides is 4. The summed E-state index contributed by atoms with van der Waals surface area (Å²) in [6.07, 6.45) is 1.51. The molecule has 2 unspecified atom stereocenters. The highest BCUT2D eigenvalue weighted by molar-refractivity contribution is 5.90. The number of hydrogen-bond donors (Lipinski definition) is 1. The van der Waals surface area contributed by atoms with Crippen molar-refractivity contribution in [3.05, 3.63) is 0 Å². The fourth-order valence-corrected chi connectivity index (χ4v) is 4.32. The van der Waals surface area contributed by atoms with Crippen LogP contribution in [0.4, 0.5) is 17.6 Å². The summed E-state index contributed by atoms with van der Waals surface area (Å²) in [5.41, 5.74) is -1.36. The quantitative estimate of drug-likeness (QED) is 0.627. The van der Waals surface area contributed by atoms with Crippen molar-refractivity contribution in [2.75, 3.05) is 0 Å². The molecule has 4 aliphatic carbocycles. The second kappa shape index (κ2) is 4.67. The molecule has 0 radical (unpaired) electrons. The maximum Gasteiger partial charge on any atom is 0.415 e. The lowest BCUT2D eigenvalue weighted by molar-refractivity contribution is -0.249. The summed E-state index contributed by atoms with van der Waals surface area (Å²) in [5.74, 6) is -17.4. The fraction of sp³-hybridized carbons (Fsp3) is 0.786. The minimum atomic E-state index is -5.55. The third-order valence-corrected chi connectivity index (χ3v) is 5.17. The van der Waals surface area contributed by atoms with Crippen molar-refractivity contribution in [3.8, 4) is 0 Å². The van der Waals surface area contributed by atoms with Gasteiger partial charge in [0.1, 0.15) is 11.4 Å². The number of ether oxygens (including phenoxy) is 1. The molecule has 0 spiro atoms. The molecule has 0 aromatic heterocycles. The molecule has 0 aromatic carbocycles. The van der Waals surface area contributed by atoms with Crippen LogP contribution < -0.4 is 0 Å². The van der Waals surface area contributed by atoms with Gasteiger partial charge in [0.25, 0.3) is 0 Å². The average Bonchev–Trinajstić information content (AvgIpc) is 2.42. The molecule has 128 valence electrons. The molecular formula is C14H14F4O5. The van der Waals surface area contributed by atoms with Crippen molar-refractivity contribution in [3.63, 3.8) is 0 Å². The third-order valence-electron chi connectivity index (χ3n) is 5.17. The van der Waals surface area contributed by atoms with Crippen molar-refractivity contribution in [2.24, 2.45) is 17.8 Å². The number of halogens is 4. The summed E-state index contributed by atoms with van der Waals surface area (Å²) >= 11 is 0. The zero-order valence-electron chi connectivity index (χ0n) is 11.9. The van der Waals surface area contributed by atoms with Crippen LogP contribution in [0.15, 0.2) is 0 Å². The number of ketones is 1. The van der Waals surface area contributed by atoms with E-state index >= 15 is 0 Å². The standard InChI is InChI=1S/C14H14F4O5/c15-13(16,10(20)21)14(17,18)11(22)23-12-3-6-1-7(4-12)9(19)8(2-6)5-12/h6-8H,1-5H2,(H,20,21). The van der Waals surface area contributed by atoms with Crippen LogP contribution in [0.5, 0.6) is 0 Å². The lowest BCUT2D eigenvalue weighted by Crippen LogP contribution is -2.60. The minimum absolute atomic E-state index is 0.00949. The summed E-state index contributed by atoms with van der Waals surface area (Å²) in [4.78, 5) is 33.8. The molecule has 9 heteroatoms. The van der Waals surface area contributed by atoms with Gasteiger partial charge in [0.2, 0.25) is 0 Å². The maximum atomic E-state index is 13.5. The molecule has 4 aliphatic rings. The Morgan fingerprint density at radius 3 is 2.04 bits per heavy atom. The Labute approximate surface area is 128 Å². The lowest BCUT2D eigenvalue weighted by Gasteiger charge is -2.54. The monoisotopic (exact) mass is 338 g/mol. The zero-order valence-corrected chi connectivity index (χ0v) is 11.9. The summed E-state index contributed by atoms with van der Waals surface area (Å²) in [6.45, 7) is 0. The van der Waals surface area contributed by atoms with Crippen molar-refractivity contribution in [2.45, 2.75) is 49.6 Å². The van der Waals surface area contributed by atoms with Crippen molar-refractivity contribution in [1.29, 1.82) is 0 Å². The van der Waals surface area contributed by atoms with Gasteiger partial charge in [-0.1, -0.05) is 0 Å². The van der Waals surface area contributed by atoms with Crippen molar-refractivity contribution >= 4 is 17.7 Å². The molecule has 0 aromatic rings. The molecule has 4 bridgehead atoms. The number of carbonyl (C=O) groups is 3. The predicted octanol–water partition coefficient (Wildman–Crippen LogP) is 2.03. The molecule has 4 rings (SSSR count). The summed E-state index contributed by atoms with van der Waals surface area (Å²) in [6, 6.07) is 0.